The molecule has 0 N–H and O–H groups in total. The van der Waals surface area contributed by atoms with Crippen molar-refractivity contribution in [3.63, 3.8) is 0 Å². The number of hydrogen-bond acceptors (Lipinski definition) is 1. The maximum atomic E-state index is 12.8. The maximum Gasteiger partial charge on any atom is 1.00 e. The molecule has 24 heavy (non-hydrogen) atoms. The third kappa shape index (κ3) is 4.97. The van der Waals surface area contributed by atoms with E-state index in [0.29, 0.717) is 22.4 Å². The summed E-state index contributed by atoms with van der Waals surface area (Å²) in [4.78, 5) is 12.8. The molecule has 0 aliphatic rings. The van der Waals surface area contributed by atoms with Gasteiger partial charge in [0, 0.05) is 5.56 Å². The van der Waals surface area contributed by atoms with Gasteiger partial charge >= 0.3 is 18.9 Å². The van der Waals surface area contributed by atoms with E-state index in [-0.39, 0.29) is 33.0 Å². The molecule has 4 heteroatoms. The average Bonchev–Trinajstić information content (AvgIpc) is 2.46. The molecule has 1 nitrogen and oxygen atoms in total. The summed E-state index contributed by atoms with van der Waals surface area (Å²) in [6.45, 7) is 10.6. The first-order valence-electron chi connectivity index (χ1n) is 8.01. The SMILES string of the molecule is Cc1cccc(Cl)c1C(=O)Pc1cc(C(C)C)ccc1C(C)C.[Li+]. The van der Waals surface area contributed by atoms with Gasteiger partial charge in [0.25, 0.3) is 0 Å². The molecule has 0 saturated heterocycles. The van der Waals surface area contributed by atoms with Gasteiger partial charge < -0.3 is 0 Å². The molecule has 0 spiro atoms. The van der Waals surface area contributed by atoms with E-state index in [0.717, 1.165) is 10.9 Å². The van der Waals surface area contributed by atoms with E-state index in [9.17, 15) is 4.79 Å². The molecule has 0 amide bonds. The molecule has 0 aliphatic heterocycles. The van der Waals surface area contributed by atoms with E-state index >= 15 is 0 Å². The van der Waals surface area contributed by atoms with Gasteiger partial charge in [0.15, 0.2) is 5.52 Å². The Labute approximate surface area is 164 Å². The fraction of sp³-hybridized carbons (Fsp3) is 0.350. The van der Waals surface area contributed by atoms with Crippen LogP contribution in [-0.4, -0.2) is 5.52 Å². The largest absolute Gasteiger partial charge is 1.00 e. The van der Waals surface area contributed by atoms with E-state index in [1.165, 1.54) is 11.1 Å². The Kier molecular flexibility index (Phi) is 8.24. The summed E-state index contributed by atoms with van der Waals surface area (Å²) in [5.41, 5.74) is 4.26. The molecule has 0 radical (unpaired) electrons. The van der Waals surface area contributed by atoms with Crippen molar-refractivity contribution in [2.24, 2.45) is 0 Å². The third-order valence-electron chi connectivity index (χ3n) is 4.06. The number of halogens is 1. The molecule has 0 heterocycles. The summed E-state index contributed by atoms with van der Waals surface area (Å²) in [7, 11) is 0.106. The zero-order chi connectivity index (χ0) is 17.1. The van der Waals surface area contributed by atoms with Crippen LogP contribution in [0, 0.1) is 6.92 Å². The van der Waals surface area contributed by atoms with Crippen molar-refractivity contribution in [1.82, 2.24) is 0 Å². The van der Waals surface area contributed by atoms with Crippen molar-refractivity contribution in [3.05, 3.63) is 63.7 Å². The van der Waals surface area contributed by atoms with Crippen LogP contribution in [0.1, 0.15) is 66.6 Å². The standard InChI is InChI=1S/C20H24ClOP.Li/c1-12(2)15-9-10-16(13(3)4)18(11-15)23-20(22)19-14(5)7-6-8-17(19)21;/h6-13,23H,1-5H3;/q;+1. The normalized spacial score (nSPS) is 11.3. The van der Waals surface area contributed by atoms with Crippen LogP contribution in [0.25, 0.3) is 0 Å². The molecule has 2 aromatic rings. The molecule has 2 aromatic carbocycles. The minimum Gasteiger partial charge on any atom is -0.289 e. The van der Waals surface area contributed by atoms with Gasteiger partial charge in [0.1, 0.15) is 0 Å². The molecule has 0 aliphatic carbocycles. The third-order valence-corrected chi connectivity index (χ3v) is 5.56. The Balaban J connectivity index is 0.00000288. The molecule has 1 atom stereocenters. The summed E-state index contributed by atoms with van der Waals surface area (Å²) < 4.78 is 0. The minimum atomic E-state index is 0. The monoisotopic (exact) mass is 353 g/mol. The van der Waals surface area contributed by atoms with Gasteiger partial charge in [-0.25, -0.2) is 0 Å². The number of rotatable bonds is 5. The number of hydrogen-bond donors (Lipinski definition) is 0. The van der Waals surface area contributed by atoms with E-state index in [1.807, 2.05) is 19.1 Å². The molecule has 2 rings (SSSR count). The fourth-order valence-corrected chi connectivity index (χ4v) is 4.49. The van der Waals surface area contributed by atoms with Gasteiger partial charge in [-0.3, -0.25) is 4.79 Å². The second kappa shape index (κ2) is 9.22. The van der Waals surface area contributed by atoms with Crippen molar-refractivity contribution in [3.8, 4) is 0 Å². The molecular formula is C20H24ClLiOP+. The van der Waals surface area contributed by atoms with Crippen LogP contribution in [0.3, 0.4) is 0 Å². The Morgan fingerprint density at radius 3 is 2.25 bits per heavy atom. The Hall–Kier alpha value is -0.573. The second-order valence-electron chi connectivity index (χ2n) is 6.54. The van der Waals surface area contributed by atoms with Crippen molar-refractivity contribution in [1.29, 1.82) is 0 Å². The van der Waals surface area contributed by atoms with Gasteiger partial charge in [-0.2, -0.15) is 0 Å². The molecule has 122 valence electrons. The number of benzene rings is 2. The average molecular weight is 354 g/mol. The van der Waals surface area contributed by atoms with Gasteiger partial charge in [0.2, 0.25) is 0 Å². The first-order valence-corrected chi connectivity index (χ1v) is 9.39. The number of aryl methyl sites for hydroxylation is 1. The molecule has 0 bridgehead atoms. The summed E-state index contributed by atoms with van der Waals surface area (Å²) in [6.07, 6.45) is 0. The van der Waals surface area contributed by atoms with Crippen LogP contribution in [0.4, 0.5) is 0 Å². The molecule has 0 fully saturated rings. The van der Waals surface area contributed by atoms with E-state index in [2.05, 4.69) is 45.9 Å². The second-order valence-corrected chi connectivity index (χ2v) is 8.19. The molecule has 1 unspecified atom stereocenters. The van der Waals surface area contributed by atoms with E-state index in [4.69, 9.17) is 11.6 Å². The van der Waals surface area contributed by atoms with Gasteiger partial charge in [0.05, 0.1) is 5.02 Å². The Morgan fingerprint density at radius 1 is 1.04 bits per heavy atom. The zero-order valence-electron chi connectivity index (χ0n) is 15.4. The van der Waals surface area contributed by atoms with Gasteiger partial charge in [-0.15, -0.1) is 0 Å². The van der Waals surface area contributed by atoms with Crippen molar-refractivity contribution in [2.75, 3.05) is 0 Å². The van der Waals surface area contributed by atoms with Crippen LogP contribution in [0.2, 0.25) is 5.02 Å². The van der Waals surface area contributed by atoms with Crippen LogP contribution < -0.4 is 24.2 Å². The quantitative estimate of drug-likeness (QED) is 0.596. The summed E-state index contributed by atoms with van der Waals surface area (Å²) in [5, 5.41) is 1.70. The maximum absolute atomic E-state index is 12.8. The summed E-state index contributed by atoms with van der Waals surface area (Å²) >= 11 is 6.26. The topological polar surface area (TPSA) is 17.1 Å². The van der Waals surface area contributed by atoms with E-state index < -0.39 is 0 Å². The first kappa shape index (κ1) is 21.5. The molecular weight excluding hydrogens is 330 g/mol. The smallest absolute Gasteiger partial charge is 0.289 e. The first-order chi connectivity index (χ1) is 10.8. The van der Waals surface area contributed by atoms with Crippen molar-refractivity contribution in [2.45, 2.75) is 46.5 Å². The van der Waals surface area contributed by atoms with Gasteiger partial charge in [-0.05, 0) is 55.4 Å². The van der Waals surface area contributed by atoms with Gasteiger partial charge in [-0.1, -0.05) is 69.6 Å². The Morgan fingerprint density at radius 2 is 1.71 bits per heavy atom. The van der Waals surface area contributed by atoms with Crippen molar-refractivity contribution >= 4 is 31.0 Å². The summed E-state index contributed by atoms with van der Waals surface area (Å²) in [5.74, 6) is 0.857. The van der Waals surface area contributed by atoms with Crippen LogP contribution in [0.15, 0.2) is 36.4 Å². The van der Waals surface area contributed by atoms with E-state index in [1.54, 1.807) is 6.07 Å². The predicted molar refractivity (Wildman–Crippen MR) is 103 cm³/mol. The fourth-order valence-electron chi connectivity index (χ4n) is 2.65. The minimum absolute atomic E-state index is 0. The van der Waals surface area contributed by atoms with Crippen LogP contribution >= 0.6 is 20.2 Å². The molecule has 0 aromatic heterocycles. The summed E-state index contributed by atoms with van der Waals surface area (Å²) in [6, 6.07) is 12.2. The Bertz CT molecular complexity index is 705. The zero-order valence-corrected chi connectivity index (χ0v) is 17.2. The molecule has 0 saturated carbocycles. The predicted octanol–water partition coefficient (Wildman–Crippen LogP) is 3.04. The number of carbonyl (C=O) groups is 1. The van der Waals surface area contributed by atoms with Crippen LogP contribution in [-0.2, 0) is 0 Å². The van der Waals surface area contributed by atoms with Crippen LogP contribution in [0.5, 0.6) is 0 Å². The van der Waals surface area contributed by atoms with Crippen molar-refractivity contribution < 1.29 is 23.7 Å². The number of carbonyl (C=O) groups excluding carboxylic acids is 1.